The maximum atomic E-state index is 13.2. The van der Waals surface area contributed by atoms with E-state index in [9.17, 15) is 19.8 Å². The fraction of sp³-hybridized carbons (Fsp3) is 0.821. The van der Waals surface area contributed by atoms with Crippen molar-refractivity contribution in [3.05, 3.63) is 48.6 Å². The number of aliphatic hydroxyl groups excluding tert-OH is 2. The monoisotopic (exact) mass is 870 g/mol. The van der Waals surface area contributed by atoms with E-state index in [4.69, 9.17) is 4.74 Å². The minimum atomic E-state index is -0.790. The summed E-state index contributed by atoms with van der Waals surface area (Å²) in [6, 6.07) is -0.705. The Morgan fingerprint density at radius 3 is 1.32 bits per heavy atom. The molecule has 6 nitrogen and oxygen atoms in total. The van der Waals surface area contributed by atoms with Crippen molar-refractivity contribution < 1.29 is 24.5 Å². The summed E-state index contributed by atoms with van der Waals surface area (Å²) in [7, 11) is 0. The van der Waals surface area contributed by atoms with Crippen molar-refractivity contribution in [1.82, 2.24) is 5.32 Å². The highest BCUT2D eigenvalue weighted by molar-refractivity contribution is 5.77. The first-order valence-corrected chi connectivity index (χ1v) is 26.9. The molecule has 1 amide bonds. The van der Waals surface area contributed by atoms with Crippen LogP contribution in [-0.2, 0) is 14.3 Å². The van der Waals surface area contributed by atoms with Gasteiger partial charge in [-0.2, -0.15) is 0 Å². The van der Waals surface area contributed by atoms with Crippen LogP contribution in [0, 0.1) is 0 Å². The maximum absolute atomic E-state index is 13.2. The van der Waals surface area contributed by atoms with Gasteiger partial charge in [0.25, 0.3) is 0 Å². The third kappa shape index (κ3) is 44.4. The minimum Gasteiger partial charge on any atom is -0.462 e. The summed E-state index contributed by atoms with van der Waals surface area (Å²) >= 11 is 0. The van der Waals surface area contributed by atoms with Crippen LogP contribution in [0.2, 0.25) is 0 Å². The summed E-state index contributed by atoms with van der Waals surface area (Å²) in [4.78, 5) is 26.2. The zero-order chi connectivity index (χ0) is 45.2. The van der Waals surface area contributed by atoms with Crippen molar-refractivity contribution in [2.24, 2.45) is 0 Å². The average Bonchev–Trinajstić information content (AvgIpc) is 3.26. The summed E-state index contributed by atoms with van der Waals surface area (Å²) in [5.74, 6) is -0.490. The van der Waals surface area contributed by atoms with E-state index in [1.165, 1.54) is 148 Å². The lowest BCUT2D eigenvalue weighted by atomic mass is 10.0. The molecule has 0 spiro atoms. The van der Waals surface area contributed by atoms with Gasteiger partial charge >= 0.3 is 5.97 Å². The number of carbonyl (C=O) groups excluding carboxylic acids is 2. The van der Waals surface area contributed by atoms with Gasteiger partial charge in [-0.15, -0.1) is 0 Å². The lowest BCUT2D eigenvalue weighted by molar-refractivity contribution is -0.151. The summed E-state index contributed by atoms with van der Waals surface area (Å²) < 4.78 is 5.94. The molecule has 3 unspecified atom stereocenters. The maximum Gasteiger partial charge on any atom is 0.306 e. The number of esters is 1. The first-order chi connectivity index (χ1) is 30.5. The number of unbranched alkanes of at least 4 members (excludes halogenated alkanes) is 31. The van der Waals surface area contributed by atoms with E-state index in [1.807, 2.05) is 18.2 Å². The van der Waals surface area contributed by atoms with Gasteiger partial charge in [-0.1, -0.05) is 262 Å². The smallest absolute Gasteiger partial charge is 0.306 e. The molecule has 0 aromatic carbocycles. The SMILES string of the molecule is CC/C=C/C=C/C=C/C=C\CCCCCCCC(=O)OC(CCCCCCCCCCCCCCCCC)CC(=O)NC(CO)C(O)CCCCCCCCCCCCCCC. The van der Waals surface area contributed by atoms with E-state index < -0.39 is 18.2 Å². The summed E-state index contributed by atoms with van der Waals surface area (Å²) in [5, 5.41) is 23.8. The molecule has 0 radical (unpaired) electrons. The fourth-order valence-corrected chi connectivity index (χ4v) is 8.21. The lowest BCUT2D eigenvalue weighted by Gasteiger charge is -2.24. The largest absolute Gasteiger partial charge is 0.462 e. The standard InChI is InChI=1S/C56H103NO5/c1-4-7-10-13-16-19-22-25-27-30-32-35-38-41-44-47-52(62-56(61)49-46-43-40-37-34-31-28-26-23-20-17-14-11-8-5-2)50-55(60)57-53(51-58)54(59)48-45-42-39-36-33-29-24-21-18-15-12-9-6-3/h8,11,14,17,20,23,26,28,52-54,58-59H,4-7,9-10,12-13,15-16,18-19,21-22,24-25,27,29-51H2,1-3H3,(H,57,60)/b11-8+,17-14+,23-20+,28-26-. The van der Waals surface area contributed by atoms with Crippen LogP contribution in [0.1, 0.15) is 271 Å². The number of aliphatic hydroxyl groups is 2. The van der Waals surface area contributed by atoms with Crippen molar-refractivity contribution in [3.63, 3.8) is 0 Å². The summed E-state index contributed by atoms with van der Waals surface area (Å²) in [6.07, 6.45) is 60.2. The van der Waals surface area contributed by atoms with Crippen LogP contribution in [0.5, 0.6) is 0 Å². The normalized spacial score (nSPS) is 13.6. The van der Waals surface area contributed by atoms with E-state index in [-0.39, 0.29) is 24.9 Å². The van der Waals surface area contributed by atoms with Crippen molar-refractivity contribution in [3.8, 4) is 0 Å². The van der Waals surface area contributed by atoms with Crippen molar-refractivity contribution in [2.45, 2.75) is 289 Å². The fourth-order valence-electron chi connectivity index (χ4n) is 8.21. The second-order valence-electron chi connectivity index (χ2n) is 18.4. The molecule has 0 aliphatic heterocycles. The Morgan fingerprint density at radius 1 is 0.484 bits per heavy atom. The number of rotatable bonds is 48. The Labute approximate surface area is 385 Å². The van der Waals surface area contributed by atoms with E-state index in [1.54, 1.807) is 0 Å². The molecule has 0 rings (SSSR count). The molecule has 0 fully saturated rings. The number of amides is 1. The number of hydrogen-bond donors (Lipinski definition) is 3. The van der Waals surface area contributed by atoms with Crippen LogP contribution in [-0.4, -0.2) is 46.9 Å². The molecule has 62 heavy (non-hydrogen) atoms. The Morgan fingerprint density at radius 2 is 0.871 bits per heavy atom. The van der Waals surface area contributed by atoms with Gasteiger partial charge in [-0.3, -0.25) is 9.59 Å². The zero-order valence-corrected chi connectivity index (χ0v) is 41.3. The molecule has 0 aromatic heterocycles. The van der Waals surface area contributed by atoms with Gasteiger partial charge in [0.15, 0.2) is 0 Å². The number of ether oxygens (including phenoxy) is 1. The Hall–Kier alpha value is -2.18. The highest BCUT2D eigenvalue weighted by atomic mass is 16.5. The summed E-state index contributed by atoms with van der Waals surface area (Å²) in [5.41, 5.74) is 0. The molecule has 0 aromatic rings. The molecule has 6 heteroatoms. The van der Waals surface area contributed by atoms with Crippen LogP contribution >= 0.6 is 0 Å². The molecule has 0 aliphatic rings. The molecule has 0 saturated heterocycles. The Bertz CT molecular complexity index is 1070. The van der Waals surface area contributed by atoms with Crippen LogP contribution < -0.4 is 5.32 Å². The summed E-state index contributed by atoms with van der Waals surface area (Å²) in [6.45, 7) is 6.36. The van der Waals surface area contributed by atoms with Gasteiger partial charge in [-0.05, 0) is 44.9 Å². The molecule has 3 N–H and O–H groups in total. The van der Waals surface area contributed by atoms with Gasteiger partial charge in [0.1, 0.15) is 6.10 Å². The van der Waals surface area contributed by atoms with Gasteiger partial charge in [0.2, 0.25) is 5.91 Å². The van der Waals surface area contributed by atoms with Crippen LogP contribution in [0.4, 0.5) is 0 Å². The van der Waals surface area contributed by atoms with Crippen LogP contribution in [0.3, 0.4) is 0 Å². The highest BCUT2D eigenvalue weighted by Gasteiger charge is 2.24. The zero-order valence-electron chi connectivity index (χ0n) is 41.3. The molecule has 0 bridgehead atoms. The van der Waals surface area contributed by atoms with Crippen molar-refractivity contribution in [1.29, 1.82) is 0 Å². The van der Waals surface area contributed by atoms with Gasteiger partial charge in [-0.25, -0.2) is 0 Å². The van der Waals surface area contributed by atoms with Crippen molar-refractivity contribution in [2.75, 3.05) is 6.61 Å². The molecular weight excluding hydrogens is 767 g/mol. The van der Waals surface area contributed by atoms with Gasteiger partial charge in [0, 0.05) is 6.42 Å². The topological polar surface area (TPSA) is 95.9 Å². The first kappa shape index (κ1) is 59.8. The molecular formula is C56H103NO5. The third-order valence-corrected chi connectivity index (χ3v) is 12.3. The molecule has 0 heterocycles. The Balaban J connectivity index is 4.59. The molecule has 362 valence electrons. The number of carbonyl (C=O) groups is 2. The predicted molar refractivity (Wildman–Crippen MR) is 269 cm³/mol. The highest BCUT2D eigenvalue weighted by Crippen LogP contribution is 2.18. The molecule has 3 atom stereocenters. The number of hydrogen-bond acceptors (Lipinski definition) is 5. The van der Waals surface area contributed by atoms with Gasteiger partial charge < -0.3 is 20.3 Å². The lowest BCUT2D eigenvalue weighted by Crippen LogP contribution is -2.46. The number of allylic oxidation sites excluding steroid dienone is 8. The van der Waals surface area contributed by atoms with Gasteiger partial charge in [0.05, 0.1) is 25.2 Å². The van der Waals surface area contributed by atoms with Crippen LogP contribution in [0.25, 0.3) is 0 Å². The number of nitrogens with one attached hydrogen (secondary N) is 1. The molecule has 0 aliphatic carbocycles. The predicted octanol–water partition coefficient (Wildman–Crippen LogP) is 16.2. The van der Waals surface area contributed by atoms with E-state index in [0.29, 0.717) is 19.3 Å². The quantitative estimate of drug-likeness (QED) is 0.0322. The Kier molecular flexibility index (Phi) is 48.1. The van der Waals surface area contributed by atoms with Crippen LogP contribution in [0.15, 0.2) is 48.6 Å². The van der Waals surface area contributed by atoms with Crippen molar-refractivity contribution >= 4 is 11.9 Å². The average molecular weight is 870 g/mol. The second-order valence-corrected chi connectivity index (χ2v) is 18.4. The minimum absolute atomic E-state index is 0.0706. The van der Waals surface area contributed by atoms with E-state index in [0.717, 1.165) is 77.0 Å². The van der Waals surface area contributed by atoms with E-state index in [2.05, 4.69) is 56.5 Å². The first-order valence-electron chi connectivity index (χ1n) is 26.9. The third-order valence-electron chi connectivity index (χ3n) is 12.3. The van der Waals surface area contributed by atoms with E-state index >= 15 is 0 Å². The molecule has 0 saturated carbocycles. The second kappa shape index (κ2) is 49.8.